The van der Waals surface area contributed by atoms with Crippen molar-refractivity contribution in [3.8, 4) is 0 Å². The van der Waals surface area contributed by atoms with Crippen molar-refractivity contribution in [2.75, 3.05) is 39.6 Å². The summed E-state index contributed by atoms with van der Waals surface area (Å²) in [5.74, 6) is -1.27. The average molecular weight is 1420 g/mol. The average Bonchev–Trinajstić information content (AvgIpc) is 1.36. The van der Waals surface area contributed by atoms with E-state index in [-0.39, 0.29) is 25.7 Å². The predicted molar refractivity (Wildman–Crippen MR) is 395 cm³/mol. The van der Waals surface area contributed by atoms with Crippen molar-refractivity contribution in [1.82, 2.24) is 0 Å². The van der Waals surface area contributed by atoms with Gasteiger partial charge in [0.15, 0.2) is 12.2 Å². The lowest BCUT2D eigenvalue weighted by Crippen LogP contribution is -2.30. The predicted octanol–water partition coefficient (Wildman–Crippen LogP) is 23.3. The molecule has 0 aliphatic heterocycles. The maximum absolute atomic E-state index is 13.1. The van der Waals surface area contributed by atoms with E-state index >= 15 is 0 Å². The Morgan fingerprint density at radius 1 is 0.289 bits per heavy atom. The molecule has 0 saturated heterocycles. The van der Waals surface area contributed by atoms with Crippen molar-refractivity contribution in [3.63, 3.8) is 0 Å². The fourth-order valence-corrected chi connectivity index (χ4v) is 13.6. The summed E-state index contributed by atoms with van der Waals surface area (Å²) in [7, 11) is -9.90. The minimum absolute atomic E-state index is 0.108. The molecule has 576 valence electrons. The molecular formula is C78H152O17P2. The Hall–Kier alpha value is -1.94. The fourth-order valence-electron chi connectivity index (χ4n) is 12.0. The van der Waals surface area contributed by atoms with Gasteiger partial charge < -0.3 is 33.8 Å². The number of carbonyl (C=O) groups is 4. The quantitative estimate of drug-likeness (QED) is 0.0222. The maximum atomic E-state index is 13.1. The Morgan fingerprint density at radius 3 is 0.732 bits per heavy atom. The first-order chi connectivity index (χ1) is 47.1. The van der Waals surface area contributed by atoms with E-state index < -0.39 is 97.5 Å². The van der Waals surface area contributed by atoms with Crippen LogP contribution in [0.1, 0.15) is 413 Å². The number of hydrogen-bond acceptors (Lipinski definition) is 15. The third-order valence-corrected chi connectivity index (χ3v) is 20.5. The van der Waals surface area contributed by atoms with Crippen LogP contribution in [0.4, 0.5) is 0 Å². The molecule has 97 heavy (non-hydrogen) atoms. The van der Waals surface area contributed by atoms with E-state index in [1.807, 2.05) is 0 Å². The minimum Gasteiger partial charge on any atom is -0.462 e. The van der Waals surface area contributed by atoms with Crippen LogP contribution in [0.3, 0.4) is 0 Å². The molecule has 0 aliphatic carbocycles. The topological polar surface area (TPSA) is 237 Å². The van der Waals surface area contributed by atoms with Gasteiger partial charge in [-0.25, -0.2) is 9.13 Å². The van der Waals surface area contributed by atoms with Crippen molar-refractivity contribution >= 4 is 39.5 Å². The maximum Gasteiger partial charge on any atom is 0.472 e. The summed E-state index contributed by atoms with van der Waals surface area (Å²) in [6.45, 7) is 7.28. The normalized spacial score (nSPS) is 14.2. The largest absolute Gasteiger partial charge is 0.472 e. The number of hydrogen-bond donors (Lipinski definition) is 3. The van der Waals surface area contributed by atoms with Gasteiger partial charge in [0.2, 0.25) is 0 Å². The summed E-state index contributed by atoms with van der Waals surface area (Å²) < 4.78 is 68.4. The molecule has 3 N–H and O–H groups in total. The highest BCUT2D eigenvalue weighted by atomic mass is 31.2. The molecule has 0 radical (unpaired) electrons. The van der Waals surface area contributed by atoms with Gasteiger partial charge in [-0.3, -0.25) is 37.3 Å². The van der Waals surface area contributed by atoms with Gasteiger partial charge in [0.05, 0.1) is 26.4 Å². The zero-order valence-electron chi connectivity index (χ0n) is 63.2. The first-order valence-electron chi connectivity index (χ1n) is 40.7. The Kier molecular flexibility index (Phi) is 69.6. The van der Waals surface area contributed by atoms with E-state index in [0.29, 0.717) is 25.7 Å². The van der Waals surface area contributed by atoms with Crippen LogP contribution in [-0.4, -0.2) is 96.7 Å². The van der Waals surface area contributed by atoms with Crippen LogP contribution in [0, 0.1) is 5.92 Å². The lowest BCUT2D eigenvalue weighted by molar-refractivity contribution is -0.161. The van der Waals surface area contributed by atoms with E-state index in [2.05, 4.69) is 34.6 Å². The highest BCUT2D eigenvalue weighted by molar-refractivity contribution is 7.47. The van der Waals surface area contributed by atoms with Gasteiger partial charge in [-0.05, 0) is 31.6 Å². The molecule has 17 nitrogen and oxygen atoms in total. The standard InChI is InChI=1S/C78H152O17P2/c1-6-10-13-16-18-20-22-24-26-27-28-29-31-37-41-45-49-54-59-64-78(83)95-74(68-89-76(81)62-57-52-47-43-39-35-33-32-34-38-42-46-51-55-60-71(5)9-4)70-93-97(86,87)91-66-72(79)65-90-96(84,85)92-69-73(67-88-75(80)61-56-50-15-12-8-3)94-77(82)63-58-53-48-44-40-36-30-25-23-21-19-17-14-11-7-2/h71-74,79H,6-70H2,1-5H3,(H,84,85)(H,86,87)/t71?,72-,73+,74+/m0/s1. The first kappa shape index (κ1) is 95.1. The molecule has 0 saturated carbocycles. The van der Waals surface area contributed by atoms with E-state index in [1.165, 1.54) is 231 Å². The van der Waals surface area contributed by atoms with Crippen LogP contribution >= 0.6 is 15.6 Å². The second-order valence-electron chi connectivity index (χ2n) is 28.3. The fraction of sp³-hybridized carbons (Fsp3) is 0.949. The number of ether oxygens (including phenoxy) is 4. The van der Waals surface area contributed by atoms with Crippen LogP contribution < -0.4 is 0 Å². The summed E-state index contributed by atoms with van der Waals surface area (Å²) in [4.78, 5) is 72.6. The molecule has 0 bridgehead atoms. The number of phosphoric acid groups is 2. The molecule has 0 fully saturated rings. The lowest BCUT2D eigenvalue weighted by atomic mass is 9.99. The smallest absolute Gasteiger partial charge is 0.462 e. The highest BCUT2D eigenvalue weighted by Crippen LogP contribution is 2.45. The number of phosphoric ester groups is 2. The number of carbonyl (C=O) groups excluding carboxylic acids is 4. The molecular weight excluding hydrogens is 1270 g/mol. The Bertz CT molecular complexity index is 1860. The highest BCUT2D eigenvalue weighted by Gasteiger charge is 2.30. The van der Waals surface area contributed by atoms with Gasteiger partial charge in [0, 0.05) is 25.7 Å². The summed E-state index contributed by atoms with van der Waals surface area (Å²) in [5.41, 5.74) is 0. The number of unbranched alkanes of at least 4 members (excludes halogenated alkanes) is 49. The van der Waals surface area contributed by atoms with Crippen molar-refractivity contribution < 1.29 is 80.2 Å². The molecule has 19 heteroatoms. The van der Waals surface area contributed by atoms with Crippen LogP contribution in [0.2, 0.25) is 0 Å². The van der Waals surface area contributed by atoms with Crippen LogP contribution in [0.15, 0.2) is 0 Å². The van der Waals surface area contributed by atoms with Crippen LogP contribution in [0.25, 0.3) is 0 Å². The number of esters is 4. The van der Waals surface area contributed by atoms with Gasteiger partial charge in [-0.15, -0.1) is 0 Å². The van der Waals surface area contributed by atoms with E-state index in [4.69, 9.17) is 37.0 Å². The third kappa shape index (κ3) is 70.9. The Labute approximate surface area is 594 Å². The van der Waals surface area contributed by atoms with E-state index in [0.717, 1.165) is 102 Å². The molecule has 0 aromatic carbocycles. The van der Waals surface area contributed by atoms with Crippen molar-refractivity contribution in [3.05, 3.63) is 0 Å². The molecule has 3 unspecified atom stereocenters. The van der Waals surface area contributed by atoms with Crippen LogP contribution in [-0.2, 0) is 65.4 Å². The minimum atomic E-state index is -4.96. The first-order valence-corrected chi connectivity index (χ1v) is 43.7. The van der Waals surface area contributed by atoms with Crippen molar-refractivity contribution in [1.29, 1.82) is 0 Å². The summed E-state index contributed by atoms with van der Waals surface area (Å²) in [6, 6.07) is 0. The molecule has 6 atom stereocenters. The summed E-state index contributed by atoms with van der Waals surface area (Å²) >= 11 is 0. The van der Waals surface area contributed by atoms with Gasteiger partial charge >= 0.3 is 39.5 Å². The van der Waals surface area contributed by atoms with Crippen molar-refractivity contribution in [2.45, 2.75) is 432 Å². The molecule has 0 aromatic rings. The molecule has 0 aromatic heterocycles. The molecule has 0 aliphatic rings. The summed E-state index contributed by atoms with van der Waals surface area (Å²) in [6.07, 6.45) is 61.4. The number of aliphatic hydroxyl groups is 1. The molecule has 0 rings (SSSR count). The Morgan fingerprint density at radius 2 is 0.495 bits per heavy atom. The van der Waals surface area contributed by atoms with Crippen LogP contribution in [0.5, 0.6) is 0 Å². The SMILES string of the molecule is CCCCCCCCCCCCCCCCCCCCCC(=O)O[C@H](COC(=O)CCCCCCCCCCCCCCCCC(C)CC)COP(=O)(O)OC[C@@H](O)COP(=O)(O)OC[C@@H](COC(=O)CCCCCCC)OC(=O)CCCCCCCCCCCCCCCCC. The Balaban J connectivity index is 5.13. The third-order valence-electron chi connectivity index (χ3n) is 18.6. The summed E-state index contributed by atoms with van der Waals surface area (Å²) in [5, 5.41) is 10.6. The zero-order valence-corrected chi connectivity index (χ0v) is 65.0. The second-order valence-corrected chi connectivity index (χ2v) is 31.3. The van der Waals surface area contributed by atoms with Gasteiger partial charge in [0.25, 0.3) is 0 Å². The van der Waals surface area contributed by atoms with Gasteiger partial charge in [0.1, 0.15) is 19.3 Å². The lowest BCUT2D eigenvalue weighted by Gasteiger charge is -2.21. The number of aliphatic hydroxyl groups excluding tert-OH is 1. The number of rotatable bonds is 78. The van der Waals surface area contributed by atoms with Gasteiger partial charge in [-0.2, -0.15) is 0 Å². The van der Waals surface area contributed by atoms with Gasteiger partial charge in [-0.1, -0.05) is 362 Å². The second kappa shape index (κ2) is 71.1. The van der Waals surface area contributed by atoms with Crippen molar-refractivity contribution in [2.24, 2.45) is 5.92 Å². The van der Waals surface area contributed by atoms with E-state index in [9.17, 15) is 43.2 Å². The molecule has 0 heterocycles. The van der Waals surface area contributed by atoms with E-state index in [1.54, 1.807) is 0 Å². The monoisotopic (exact) mass is 1420 g/mol. The molecule has 0 amide bonds. The molecule has 0 spiro atoms. The zero-order chi connectivity index (χ0) is 71.2.